The first-order valence-corrected chi connectivity index (χ1v) is 12.7. The number of benzene rings is 2. The Labute approximate surface area is 219 Å². The molecule has 4 aromatic rings. The minimum absolute atomic E-state index is 0.0578. The number of fused-ring (bicyclic) bond motifs is 1. The third-order valence-electron chi connectivity index (χ3n) is 7.28. The van der Waals surface area contributed by atoms with Crippen LogP contribution in [0.15, 0.2) is 54.7 Å². The Morgan fingerprint density at radius 3 is 2.62 bits per heavy atom. The third-order valence-corrected chi connectivity index (χ3v) is 7.51. The molecule has 1 fully saturated rings. The lowest BCUT2D eigenvalue weighted by atomic mass is 9.91. The summed E-state index contributed by atoms with van der Waals surface area (Å²) in [6.45, 7) is 1.19. The van der Waals surface area contributed by atoms with E-state index in [1.807, 2.05) is 49.1 Å². The van der Waals surface area contributed by atoms with Crippen LogP contribution in [0, 0.1) is 5.82 Å². The topological polar surface area (TPSA) is 88.2 Å². The van der Waals surface area contributed by atoms with E-state index in [4.69, 9.17) is 11.6 Å². The molecule has 37 heavy (non-hydrogen) atoms. The highest BCUT2D eigenvalue weighted by atomic mass is 35.5. The van der Waals surface area contributed by atoms with Crippen molar-refractivity contribution < 1.29 is 14.3 Å². The molecule has 0 saturated carbocycles. The summed E-state index contributed by atoms with van der Waals surface area (Å²) in [5.74, 6) is -0.323. The number of hydrogen-bond donors (Lipinski definition) is 2. The molecule has 1 unspecified atom stereocenters. The maximum Gasteiger partial charge on any atom is 0.270 e. The van der Waals surface area contributed by atoms with Gasteiger partial charge in [-0.1, -0.05) is 28.9 Å². The minimum Gasteiger partial charge on any atom is -0.388 e. The summed E-state index contributed by atoms with van der Waals surface area (Å²) < 4.78 is 16.8. The van der Waals surface area contributed by atoms with Crippen LogP contribution >= 0.6 is 11.6 Å². The van der Waals surface area contributed by atoms with E-state index in [9.17, 15) is 14.3 Å². The van der Waals surface area contributed by atoms with Crippen molar-refractivity contribution in [2.75, 3.05) is 20.1 Å². The molecule has 5 rings (SSSR count). The van der Waals surface area contributed by atoms with Gasteiger partial charge in [-0.2, -0.15) is 0 Å². The quantitative estimate of drug-likeness (QED) is 0.384. The molecular weight excluding hydrogens is 495 g/mol. The van der Waals surface area contributed by atoms with Crippen molar-refractivity contribution in [2.24, 2.45) is 7.05 Å². The zero-order valence-corrected chi connectivity index (χ0v) is 21.6. The second-order valence-electron chi connectivity index (χ2n) is 9.82. The lowest BCUT2D eigenvalue weighted by molar-refractivity contribution is -0.0319. The number of aryl methyl sites for hydroxylation is 1. The number of likely N-dealkylation sites (tertiary alicyclic amines) is 1. The van der Waals surface area contributed by atoms with Crippen molar-refractivity contribution in [1.29, 1.82) is 0 Å². The number of aliphatic hydroxyl groups is 1. The van der Waals surface area contributed by atoms with E-state index >= 15 is 0 Å². The molecule has 1 aliphatic heterocycles. The molecule has 0 spiro atoms. The van der Waals surface area contributed by atoms with Gasteiger partial charge in [-0.3, -0.25) is 4.79 Å². The number of rotatable bonds is 7. The number of piperidine rings is 1. The molecule has 2 aromatic heterocycles. The first-order chi connectivity index (χ1) is 17.7. The van der Waals surface area contributed by atoms with Gasteiger partial charge in [0.25, 0.3) is 5.91 Å². The molecule has 1 atom stereocenters. The summed E-state index contributed by atoms with van der Waals surface area (Å²) in [7, 11) is 3.72. The number of nitrogens with one attached hydrogen (secondary N) is 1. The van der Waals surface area contributed by atoms with Gasteiger partial charge >= 0.3 is 0 Å². The highest BCUT2D eigenvalue weighted by molar-refractivity contribution is 6.31. The highest BCUT2D eigenvalue weighted by Gasteiger charge is 2.35. The molecule has 8 nitrogen and oxygen atoms in total. The standard InChI is InChI=1S/C27H30ClFN6O2/c1-30-22(13-18-3-6-21(29)7-4-18)23-16-35(32-31-23)17-27(37)9-11-34(12-10-27)26(36)25-15-19-14-20(28)5-8-24(19)33(25)2/h3-8,14-16,22,30,37H,9-13,17H2,1-2H3. The first-order valence-electron chi connectivity index (χ1n) is 12.3. The van der Waals surface area contributed by atoms with Crippen LogP contribution in [0.2, 0.25) is 5.02 Å². The predicted molar refractivity (Wildman–Crippen MR) is 140 cm³/mol. The van der Waals surface area contributed by atoms with E-state index in [0.29, 0.717) is 49.6 Å². The number of nitrogens with zero attached hydrogens (tertiary/aromatic N) is 5. The molecular formula is C27H30ClFN6O2. The van der Waals surface area contributed by atoms with E-state index < -0.39 is 5.60 Å². The van der Waals surface area contributed by atoms with Gasteiger partial charge in [0.2, 0.25) is 0 Å². The number of hydrogen-bond acceptors (Lipinski definition) is 5. The fourth-order valence-electron chi connectivity index (χ4n) is 5.03. The minimum atomic E-state index is -0.986. The summed E-state index contributed by atoms with van der Waals surface area (Å²) in [4.78, 5) is 15.0. The third kappa shape index (κ3) is 5.39. The molecule has 1 saturated heterocycles. The number of likely N-dealkylation sites (N-methyl/N-ethyl adjacent to an activating group) is 1. The van der Waals surface area contributed by atoms with Crippen molar-refractivity contribution in [3.05, 3.63) is 82.5 Å². The molecule has 2 N–H and O–H groups in total. The number of aromatic nitrogens is 4. The van der Waals surface area contributed by atoms with Crippen LogP contribution in [0.4, 0.5) is 4.39 Å². The van der Waals surface area contributed by atoms with E-state index in [-0.39, 0.29) is 17.8 Å². The first kappa shape index (κ1) is 25.4. The second kappa shape index (κ2) is 10.2. The van der Waals surface area contributed by atoms with Crippen molar-refractivity contribution in [3.8, 4) is 0 Å². The van der Waals surface area contributed by atoms with Crippen LogP contribution in [-0.4, -0.2) is 61.2 Å². The summed E-state index contributed by atoms with van der Waals surface area (Å²) in [6, 6.07) is 13.8. The van der Waals surface area contributed by atoms with Crippen molar-refractivity contribution in [3.63, 3.8) is 0 Å². The molecule has 10 heteroatoms. The van der Waals surface area contributed by atoms with Gasteiger partial charge in [-0.15, -0.1) is 5.10 Å². The fraction of sp³-hybridized carbons (Fsp3) is 0.370. The Kier molecular flexibility index (Phi) is 7.02. The van der Waals surface area contributed by atoms with E-state index in [0.717, 1.165) is 22.2 Å². The Morgan fingerprint density at radius 2 is 1.92 bits per heavy atom. The molecule has 1 aliphatic rings. The molecule has 3 heterocycles. The maximum atomic E-state index is 13.3. The lowest BCUT2D eigenvalue weighted by Crippen LogP contribution is -2.49. The largest absolute Gasteiger partial charge is 0.388 e. The van der Waals surface area contributed by atoms with Crippen molar-refractivity contribution in [2.45, 2.75) is 37.5 Å². The maximum absolute atomic E-state index is 13.3. The van der Waals surface area contributed by atoms with Gasteiger partial charge in [0.1, 0.15) is 11.5 Å². The Balaban J connectivity index is 1.21. The van der Waals surface area contributed by atoms with Gasteiger partial charge in [0, 0.05) is 36.1 Å². The van der Waals surface area contributed by atoms with Gasteiger partial charge < -0.3 is 19.9 Å². The van der Waals surface area contributed by atoms with Crippen molar-refractivity contribution >= 4 is 28.4 Å². The number of carbonyl (C=O) groups excluding carboxylic acids is 1. The van der Waals surface area contributed by atoms with Gasteiger partial charge in [0.05, 0.1) is 30.1 Å². The van der Waals surface area contributed by atoms with Crippen LogP contribution in [0.3, 0.4) is 0 Å². The Morgan fingerprint density at radius 1 is 1.19 bits per heavy atom. The lowest BCUT2D eigenvalue weighted by Gasteiger charge is -2.38. The van der Waals surface area contributed by atoms with Crippen LogP contribution in [0.1, 0.15) is 40.6 Å². The summed E-state index contributed by atoms with van der Waals surface area (Å²) in [5.41, 5.74) is 2.30. The van der Waals surface area contributed by atoms with Crippen LogP contribution in [-0.2, 0) is 20.0 Å². The molecule has 0 bridgehead atoms. The smallest absolute Gasteiger partial charge is 0.270 e. The van der Waals surface area contributed by atoms with Gasteiger partial charge in [0.15, 0.2) is 0 Å². The zero-order chi connectivity index (χ0) is 26.2. The van der Waals surface area contributed by atoms with Crippen LogP contribution in [0.25, 0.3) is 10.9 Å². The second-order valence-corrected chi connectivity index (χ2v) is 10.3. The van der Waals surface area contributed by atoms with Crippen LogP contribution in [0.5, 0.6) is 0 Å². The fourth-order valence-corrected chi connectivity index (χ4v) is 5.21. The predicted octanol–water partition coefficient (Wildman–Crippen LogP) is 3.73. The average molecular weight is 525 g/mol. The van der Waals surface area contributed by atoms with Gasteiger partial charge in [-0.25, -0.2) is 9.07 Å². The molecule has 2 aromatic carbocycles. The number of halogens is 2. The van der Waals surface area contributed by atoms with Crippen LogP contribution < -0.4 is 5.32 Å². The summed E-state index contributed by atoms with van der Waals surface area (Å²) >= 11 is 6.12. The SMILES string of the molecule is CNC(Cc1ccc(F)cc1)c1cn(CC2(O)CCN(C(=O)c3cc4cc(Cl)ccc4n3C)CC2)nn1. The Hall–Kier alpha value is -3.27. The van der Waals surface area contributed by atoms with E-state index in [1.54, 1.807) is 21.7 Å². The zero-order valence-electron chi connectivity index (χ0n) is 20.9. The molecule has 194 valence electrons. The molecule has 0 radical (unpaired) electrons. The number of amides is 1. The van der Waals surface area contributed by atoms with Crippen molar-refractivity contribution in [1.82, 2.24) is 29.8 Å². The normalized spacial score (nSPS) is 16.3. The monoisotopic (exact) mass is 524 g/mol. The molecule has 1 amide bonds. The highest BCUT2D eigenvalue weighted by Crippen LogP contribution is 2.28. The summed E-state index contributed by atoms with van der Waals surface area (Å²) in [6.07, 6.45) is 3.35. The van der Waals surface area contributed by atoms with E-state index in [2.05, 4.69) is 15.6 Å². The Bertz CT molecular complexity index is 1410. The number of carbonyl (C=O) groups is 1. The summed E-state index contributed by atoms with van der Waals surface area (Å²) in [5, 5.41) is 24.6. The average Bonchev–Trinajstić information content (AvgIpc) is 3.47. The van der Waals surface area contributed by atoms with Gasteiger partial charge in [-0.05, 0) is 68.3 Å². The van der Waals surface area contributed by atoms with E-state index in [1.165, 1.54) is 12.1 Å². The molecule has 0 aliphatic carbocycles.